The van der Waals surface area contributed by atoms with E-state index in [1.54, 1.807) is 0 Å². The molecule has 1 rings (SSSR count). The molecule has 0 heterocycles. The van der Waals surface area contributed by atoms with Gasteiger partial charge in [0.2, 0.25) is 5.96 Å². The number of aryl methyl sites for hydroxylation is 1. The summed E-state index contributed by atoms with van der Waals surface area (Å²) in [7, 11) is 0. The summed E-state index contributed by atoms with van der Waals surface area (Å²) < 4.78 is 12.9. The van der Waals surface area contributed by atoms with Gasteiger partial charge in [-0.05, 0) is 30.2 Å². The van der Waals surface area contributed by atoms with Gasteiger partial charge in [-0.1, -0.05) is 6.92 Å². The van der Waals surface area contributed by atoms with E-state index in [2.05, 4.69) is 10.6 Å². The quantitative estimate of drug-likeness (QED) is 0.451. The zero-order valence-electron chi connectivity index (χ0n) is 8.80. The summed E-state index contributed by atoms with van der Waals surface area (Å²) in [6.07, 6.45) is 0.615. The Balaban J connectivity index is 2.80. The van der Waals surface area contributed by atoms with Crippen LogP contribution in [0.25, 0.3) is 0 Å². The van der Waals surface area contributed by atoms with E-state index in [-0.39, 0.29) is 11.8 Å². The second kappa shape index (κ2) is 5.11. The largest absolute Gasteiger partial charge is 0.351 e. The lowest BCUT2D eigenvalue weighted by Gasteiger charge is -2.11. The fourth-order valence-corrected chi connectivity index (χ4v) is 1.27. The molecule has 0 saturated heterocycles. The number of carbonyl (C=O) groups is 1. The van der Waals surface area contributed by atoms with Crippen LogP contribution in [0.15, 0.2) is 18.2 Å². The summed E-state index contributed by atoms with van der Waals surface area (Å²) in [4.78, 5) is 10.5. The predicted octanol–water partition coefficient (Wildman–Crippen LogP) is 1.40. The minimum absolute atomic E-state index is 0.242. The molecular weight excluding hydrogens is 211 g/mol. The molecule has 0 unspecified atom stereocenters. The topological polar surface area (TPSA) is 91.0 Å². The Kier molecular flexibility index (Phi) is 3.82. The molecule has 0 atom stereocenters. The molecule has 0 spiro atoms. The first kappa shape index (κ1) is 12.0. The smallest absolute Gasteiger partial charge is 0.318 e. The van der Waals surface area contributed by atoms with Gasteiger partial charge in [0.15, 0.2) is 0 Å². The van der Waals surface area contributed by atoms with E-state index in [1.165, 1.54) is 18.2 Å². The average Bonchev–Trinajstić information content (AvgIpc) is 2.19. The number of halogens is 1. The van der Waals surface area contributed by atoms with Crippen LogP contribution in [-0.4, -0.2) is 12.0 Å². The maximum atomic E-state index is 12.9. The average molecular weight is 224 g/mol. The summed E-state index contributed by atoms with van der Waals surface area (Å²) in [5.41, 5.74) is 6.14. The molecule has 0 bridgehead atoms. The van der Waals surface area contributed by atoms with E-state index in [9.17, 15) is 9.18 Å². The zero-order valence-corrected chi connectivity index (χ0v) is 8.80. The van der Waals surface area contributed by atoms with Crippen LogP contribution in [-0.2, 0) is 6.42 Å². The Bertz CT molecular complexity index is 419. The zero-order chi connectivity index (χ0) is 12.1. The first-order valence-electron chi connectivity index (χ1n) is 4.73. The molecule has 0 aromatic heterocycles. The predicted molar refractivity (Wildman–Crippen MR) is 59.8 cm³/mol. The molecule has 0 saturated carbocycles. The van der Waals surface area contributed by atoms with Crippen molar-refractivity contribution < 1.29 is 9.18 Å². The van der Waals surface area contributed by atoms with E-state index in [1.807, 2.05) is 6.92 Å². The number of hydrogen-bond acceptors (Lipinski definition) is 2. The number of amides is 2. The van der Waals surface area contributed by atoms with Gasteiger partial charge in [0.25, 0.3) is 0 Å². The van der Waals surface area contributed by atoms with Gasteiger partial charge in [-0.2, -0.15) is 0 Å². The molecule has 16 heavy (non-hydrogen) atoms. The van der Waals surface area contributed by atoms with Crippen molar-refractivity contribution in [2.45, 2.75) is 13.3 Å². The number of nitrogens with one attached hydrogen (secondary N) is 3. The Morgan fingerprint density at radius 1 is 1.56 bits per heavy atom. The number of nitrogens with two attached hydrogens (primary N) is 1. The van der Waals surface area contributed by atoms with Crippen LogP contribution in [0.2, 0.25) is 0 Å². The molecule has 0 aliphatic heterocycles. The number of rotatable bonds is 2. The molecule has 0 radical (unpaired) electrons. The number of guanidine groups is 1. The maximum absolute atomic E-state index is 12.9. The van der Waals surface area contributed by atoms with Gasteiger partial charge in [0, 0.05) is 5.69 Å². The monoisotopic (exact) mass is 224 g/mol. The maximum Gasteiger partial charge on any atom is 0.318 e. The number of hydrogen-bond donors (Lipinski definition) is 4. The summed E-state index contributed by atoms with van der Waals surface area (Å²) in [5, 5.41) is 12.1. The highest BCUT2D eigenvalue weighted by Gasteiger charge is 2.05. The van der Waals surface area contributed by atoms with Gasteiger partial charge in [-0.25, -0.2) is 9.18 Å². The Hall–Kier alpha value is -2.11. The molecule has 0 aliphatic carbocycles. The minimum Gasteiger partial charge on any atom is -0.351 e. The fraction of sp³-hybridized carbons (Fsp3) is 0.200. The van der Waals surface area contributed by atoms with Gasteiger partial charge in [-0.15, -0.1) is 0 Å². The van der Waals surface area contributed by atoms with Crippen molar-refractivity contribution in [3.63, 3.8) is 0 Å². The highest BCUT2D eigenvalue weighted by atomic mass is 19.1. The Morgan fingerprint density at radius 3 is 2.81 bits per heavy atom. The van der Waals surface area contributed by atoms with E-state index < -0.39 is 6.03 Å². The van der Waals surface area contributed by atoms with Crippen LogP contribution in [0.4, 0.5) is 14.9 Å². The molecule has 0 fully saturated rings. The van der Waals surface area contributed by atoms with Crippen LogP contribution in [0, 0.1) is 11.2 Å². The number of carbonyl (C=O) groups excluding carboxylic acids is 1. The van der Waals surface area contributed by atoms with Crippen molar-refractivity contribution in [3.8, 4) is 0 Å². The van der Waals surface area contributed by atoms with Gasteiger partial charge in [-0.3, -0.25) is 10.7 Å². The molecule has 86 valence electrons. The number of urea groups is 1. The highest BCUT2D eigenvalue weighted by molar-refractivity contribution is 6.01. The molecule has 1 aromatic rings. The lowest BCUT2D eigenvalue weighted by Crippen LogP contribution is -2.38. The second-order valence-corrected chi connectivity index (χ2v) is 3.14. The molecule has 0 aliphatic rings. The van der Waals surface area contributed by atoms with Gasteiger partial charge < -0.3 is 11.1 Å². The SMILES string of the molecule is CCc1cc(F)ccc1NC(=N)NC(N)=O. The lowest BCUT2D eigenvalue weighted by atomic mass is 10.1. The summed E-state index contributed by atoms with van der Waals surface area (Å²) >= 11 is 0. The van der Waals surface area contributed by atoms with E-state index in [4.69, 9.17) is 11.1 Å². The summed E-state index contributed by atoms with van der Waals surface area (Å²) in [6, 6.07) is 3.34. The van der Waals surface area contributed by atoms with Crippen molar-refractivity contribution in [1.82, 2.24) is 5.32 Å². The number of primary amides is 1. The fourth-order valence-electron chi connectivity index (χ4n) is 1.27. The molecule has 2 amide bonds. The second-order valence-electron chi connectivity index (χ2n) is 3.14. The van der Waals surface area contributed by atoms with Gasteiger partial charge >= 0.3 is 6.03 Å². The summed E-state index contributed by atoms with van der Waals surface area (Å²) in [6.45, 7) is 1.87. The first-order chi connectivity index (χ1) is 7.52. The molecular formula is C10H13FN4O. The third-order valence-corrected chi connectivity index (χ3v) is 1.96. The van der Waals surface area contributed by atoms with Crippen LogP contribution in [0.3, 0.4) is 0 Å². The normalized spacial score (nSPS) is 9.62. The van der Waals surface area contributed by atoms with E-state index in [0.717, 1.165) is 5.56 Å². The van der Waals surface area contributed by atoms with Crippen molar-refractivity contribution in [2.24, 2.45) is 5.73 Å². The third-order valence-electron chi connectivity index (χ3n) is 1.96. The van der Waals surface area contributed by atoms with E-state index >= 15 is 0 Å². The van der Waals surface area contributed by atoms with Crippen LogP contribution in [0.5, 0.6) is 0 Å². The molecule has 6 heteroatoms. The van der Waals surface area contributed by atoms with Crippen LogP contribution >= 0.6 is 0 Å². The van der Waals surface area contributed by atoms with E-state index in [0.29, 0.717) is 12.1 Å². The third kappa shape index (κ3) is 3.23. The molecule has 5 nitrogen and oxygen atoms in total. The molecule has 5 N–H and O–H groups in total. The van der Waals surface area contributed by atoms with Crippen LogP contribution in [0.1, 0.15) is 12.5 Å². The lowest BCUT2D eigenvalue weighted by molar-refractivity contribution is 0.253. The van der Waals surface area contributed by atoms with Gasteiger partial charge in [0.1, 0.15) is 5.82 Å². The standard InChI is InChI=1S/C10H13FN4O/c1-2-6-5-7(11)3-4-8(6)14-9(12)15-10(13)16/h3-5H,2H2,1H3,(H5,12,13,14,15,16). The number of anilines is 1. The Labute approximate surface area is 92.3 Å². The van der Waals surface area contributed by atoms with Crippen molar-refractivity contribution >= 4 is 17.7 Å². The Morgan fingerprint density at radius 2 is 2.25 bits per heavy atom. The highest BCUT2D eigenvalue weighted by Crippen LogP contribution is 2.17. The number of benzene rings is 1. The summed E-state index contributed by atoms with van der Waals surface area (Å²) in [5.74, 6) is -0.578. The van der Waals surface area contributed by atoms with Crippen molar-refractivity contribution in [2.75, 3.05) is 5.32 Å². The first-order valence-corrected chi connectivity index (χ1v) is 4.73. The van der Waals surface area contributed by atoms with Gasteiger partial charge in [0.05, 0.1) is 0 Å². The van der Waals surface area contributed by atoms with Crippen molar-refractivity contribution in [1.29, 1.82) is 5.41 Å². The molecule has 1 aromatic carbocycles. The van der Waals surface area contributed by atoms with Crippen molar-refractivity contribution in [3.05, 3.63) is 29.6 Å². The minimum atomic E-state index is -0.822. The van der Waals surface area contributed by atoms with Crippen LogP contribution < -0.4 is 16.4 Å².